The smallest absolute Gasteiger partial charge is 0.246 e. The number of para-hydroxylation sites is 1. The lowest BCUT2D eigenvalue weighted by Gasteiger charge is -2.26. The fourth-order valence-electron chi connectivity index (χ4n) is 2.73. The Kier molecular flexibility index (Phi) is 3.79. The van der Waals surface area contributed by atoms with Crippen LogP contribution in [0.5, 0.6) is 0 Å². The second-order valence-electron chi connectivity index (χ2n) is 5.37. The van der Waals surface area contributed by atoms with E-state index >= 15 is 0 Å². The van der Waals surface area contributed by atoms with Gasteiger partial charge in [0, 0.05) is 24.0 Å². The van der Waals surface area contributed by atoms with E-state index in [0.29, 0.717) is 0 Å². The van der Waals surface area contributed by atoms with E-state index in [9.17, 15) is 13.6 Å². The van der Waals surface area contributed by atoms with E-state index in [1.165, 1.54) is 11.6 Å². The lowest BCUT2D eigenvalue weighted by Crippen LogP contribution is -2.41. The number of carbonyl (C=O) groups is 1. The third-order valence-corrected chi connectivity index (χ3v) is 3.96. The van der Waals surface area contributed by atoms with E-state index in [1.807, 2.05) is 23.1 Å². The van der Waals surface area contributed by atoms with Crippen LogP contribution >= 0.6 is 0 Å². The second kappa shape index (κ2) is 5.75. The van der Waals surface area contributed by atoms with Crippen LogP contribution in [-0.2, 0) is 11.2 Å². The number of benzene rings is 2. The highest BCUT2D eigenvalue weighted by atomic mass is 19.2. The van der Waals surface area contributed by atoms with Crippen molar-refractivity contribution in [2.24, 2.45) is 0 Å². The SMILES string of the molecule is C[C@@H](C(=O)Nc1ccc(F)c(F)c1)N1CCc2ccccc21. The molecule has 0 radical (unpaired) electrons. The van der Waals surface area contributed by atoms with Gasteiger partial charge in [0.05, 0.1) is 0 Å². The number of nitrogens with one attached hydrogen (secondary N) is 1. The number of fused-ring (bicyclic) bond motifs is 1. The Morgan fingerprint density at radius 3 is 2.73 bits per heavy atom. The molecule has 5 heteroatoms. The number of hydrogen-bond donors (Lipinski definition) is 1. The maximum atomic E-state index is 13.2. The molecule has 2 aromatic carbocycles. The molecule has 0 unspecified atom stereocenters. The predicted molar refractivity (Wildman–Crippen MR) is 81.9 cm³/mol. The maximum absolute atomic E-state index is 13.2. The summed E-state index contributed by atoms with van der Waals surface area (Å²) in [6.45, 7) is 2.57. The zero-order chi connectivity index (χ0) is 15.7. The number of nitrogens with zero attached hydrogens (tertiary/aromatic N) is 1. The van der Waals surface area contributed by atoms with E-state index in [2.05, 4.69) is 11.4 Å². The van der Waals surface area contributed by atoms with Crippen molar-refractivity contribution in [3.8, 4) is 0 Å². The van der Waals surface area contributed by atoms with Gasteiger partial charge >= 0.3 is 0 Å². The minimum absolute atomic E-state index is 0.247. The highest BCUT2D eigenvalue weighted by Gasteiger charge is 2.27. The fraction of sp³-hybridized carbons (Fsp3) is 0.235. The molecule has 0 saturated heterocycles. The van der Waals surface area contributed by atoms with Crippen LogP contribution in [0, 0.1) is 11.6 Å². The van der Waals surface area contributed by atoms with Gasteiger partial charge in [-0.15, -0.1) is 0 Å². The summed E-state index contributed by atoms with van der Waals surface area (Å²) in [7, 11) is 0. The van der Waals surface area contributed by atoms with Crippen molar-refractivity contribution in [2.45, 2.75) is 19.4 Å². The molecule has 3 rings (SSSR count). The van der Waals surface area contributed by atoms with Crippen LogP contribution in [0.15, 0.2) is 42.5 Å². The first-order valence-corrected chi connectivity index (χ1v) is 7.17. The topological polar surface area (TPSA) is 32.3 Å². The summed E-state index contributed by atoms with van der Waals surface area (Å²) in [6, 6.07) is 10.9. The Hall–Kier alpha value is -2.43. The summed E-state index contributed by atoms with van der Waals surface area (Å²) in [4.78, 5) is 14.4. The molecule has 1 aliphatic heterocycles. The standard InChI is InChI=1S/C17H16F2N2O/c1-11(21-9-8-12-4-2-3-5-16(12)21)17(22)20-13-6-7-14(18)15(19)10-13/h2-7,10-11H,8-9H2,1H3,(H,20,22)/t11-/m0/s1. The summed E-state index contributed by atoms with van der Waals surface area (Å²) in [5.74, 6) is -2.15. The van der Waals surface area contributed by atoms with Gasteiger partial charge in [-0.2, -0.15) is 0 Å². The molecule has 0 bridgehead atoms. The molecule has 0 aliphatic carbocycles. The highest BCUT2D eigenvalue weighted by molar-refractivity contribution is 5.97. The third kappa shape index (κ3) is 2.66. The normalized spacial score (nSPS) is 14.6. The first kappa shape index (κ1) is 14.5. The van der Waals surface area contributed by atoms with Crippen LogP contribution in [0.2, 0.25) is 0 Å². The zero-order valence-corrected chi connectivity index (χ0v) is 12.1. The molecule has 1 amide bonds. The second-order valence-corrected chi connectivity index (χ2v) is 5.37. The third-order valence-electron chi connectivity index (χ3n) is 3.96. The number of carbonyl (C=O) groups excluding carboxylic acids is 1. The Labute approximate surface area is 127 Å². The molecule has 1 atom stereocenters. The Morgan fingerprint density at radius 2 is 1.95 bits per heavy atom. The number of hydrogen-bond acceptors (Lipinski definition) is 2. The van der Waals surface area contributed by atoms with Crippen LogP contribution in [-0.4, -0.2) is 18.5 Å². The van der Waals surface area contributed by atoms with Gasteiger partial charge in [-0.1, -0.05) is 18.2 Å². The molecular formula is C17H16F2N2O. The first-order chi connectivity index (χ1) is 10.6. The number of rotatable bonds is 3. The van der Waals surface area contributed by atoms with E-state index < -0.39 is 17.7 Å². The van der Waals surface area contributed by atoms with Gasteiger partial charge < -0.3 is 10.2 Å². The van der Waals surface area contributed by atoms with Gasteiger partial charge in [0.15, 0.2) is 11.6 Å². The predicted octanol–water partition coefficient (Wildman–Crippen LogP) is 3.35. The van der Waals surface area contributed by atoms with Gasteiger partial charge in [-0.25, -0.2) is 8.78 Å². The fourth-order valence-corrected chi connectivity index (χ4v) is 2.73. The lowest BCUT2D eigenvalue weighted by atomic mass is 10.1. The number of anilines is 2. The summed E-state index contributed by atoms with van der Waals surface area (Å²) in [6.07, 6.45) is 0.902. The van der Waals surface area contributed by atoms with E-state index in [-0.39, 0.29) is 11.6 Å². The van der Waals surface area contributed by atoms with E-state index in [0.717, 1.165) is 30.8 Å². The minimum atomic E-state index is -0.975. The van der Waals surface area contributed by atoms with Gasteiger partial charge in [0.25, 0.3) is 0 Å². The highest BCUT2D eigenvalue weighted by Crippen LogP contribution is 2.29. The molecular weight excluding hydrogens is 286 g/mol. The first-order valence-electron chi connectivity index (χ1n) is 7.17. The molecule has 0 aromatic heterocycles. The summed E-state index contributed by atoms with van der Waals surface area (Å²) in [5, 5.41) is 2.63. The molecule has 3 nitrogen and oxygen atoms in total. The Balaban J connectivity index is 1.74. The minimum Gasteiger partial charge on any atom is -0.359 e. The Morgan fingerprint density at radius 1 is 1.18 bits per heavy atom. The van der Waals surface area contributed by atoms with Crippen molar-refractivity contribution in [3.05, 3.63) is 59.7 Å². The molecule has 0 fully saturated rings. The van der Waals surface area contributed by atoms with Crippen molar-refractivity contribution in [1.29, 1.82) is 0 Å². The molecule has 1 aliphatic rings. The molecule has 114 valence electrons. The molecule has 22 heavy (non-hydrogen) atoms. The quantitative estimate of drug-likeness (QED) is 0.943. The van der Waals surface area contributed by atoms with Gasteiger partial charge in [-0.05, 0) is 37.1 Å². The van der Waals surface area contributed by atoms with Gasteiger partial charge in [0.1, 0.15) is 6.04 Å². The van der Waals surface area contributed by atoms with Gasteiger partial charge in [-0.3, -0.25) is 4.79 Å². The molecule has 0 saturated carbocycles. The van der Waals surface area contributed by atoms with Crippen molar-refractivity contribution >= 4 is 17.3 Å². The number of halogens is 2. The summed E-state index contributed by atoms with van der Waals surface area (Å²) >= 11 is 0. The summed E-state index contributed by atoms with van der Waals surface area (Å²) < 4.78 is 26.1. The van der Waals surface area contributed by atoms with Crippen molar-refractivity contribution in [2.75, 3.05) is 16.8 Å². The molecule has 0 spiro atoms. The van der Waals surface area contributed by atoms with Crippen molar-refractivity contribution < 1.29 is 13.6 Å². The van der Waals surface area contributed by atoms with Crippen LogP contribution in [0.25, 0.3) is 0 Å². The van der Waals surface area contributed by atoms with Crippen molar-refractivity contribution in [3.63, 3.8) is 0 Å². The average molecular weight is 302 g/mol. The number of amides is 1. The Bertz CT molecular complexity index is 718. The molecule has 1 N–H and O–H groups in total. The molecule has 1 heterocycles. The lowest BCUT2D eigenvalue weighted by molar-refractivity contribution is -0.117. The van der Waals surface area contributed by atoms with Crippen LogP contribution in [0.3, 0.4) is 0 Å². The molecule has 2 aromatic rings. The van der Waals surface area contributed by atoms with E-state index in [4.69, 9.17) is 0 Å². The zero-order valence-electron chi connectivity index (χ0n) is 12.1. The monoisotopic (exact) mass is 302 g/mol. The van der Waals surface area contributed by atoms with Gasteiger partial charge in [0.2, 0.25) is 5.91 Å². The van der Waals surface area contributed by atoms with Crippen molar-refractivity contribution in [1.82, 2.24) is 0 Å². The van der Waals surface area contributed by atoms with E-state index in [1.54, 1.807) is 6.92 Å². The largest absolute Gasteiger partial charge is 0.359 e. The average Bonchev–Trinajstić information content (AvgIpc) is 2.94. The van der Waals surface area contributed by atoms with Crippen LogP contribution < -0.4 is 10.2 Å². The van der Waals surface area contributed by atoms with Crippen LogP contribution in [0.1, 0.15) is 12.5 Å². The summed E-state index contributed by atoms with van der Waals surface area (Å²) in [5.41, 5.74) is 2.52. The van der Waals surface area contributed by atoms with Crippen LogP contribution in [0.4, 0.5) is 20.2 Å². The maximum Gasteiger partial charge on any atom is 0.246 e.